The molecule has 5 heteroatoms. The summed E-state index contributed by atoms with van der Waals surface area (Å²) in [6.45, 7) is 3.79. The summed E-state index contributed by atoms with van der Waals surface area (Å²) in [4.78, 5) is 2.08. The number of nitrogens with one attached hydrogen (secondary N) is 1. The van der Waals surface area contributed by atoms with Gasteiger partial charge in [-0.25, -0.2) is 0 Å². The van der Waals surface area contributed by atoms with Crippen molar-refractivity contribution >= 4 is 0 Å². The molecule has 2 atom stereocenters. The van der Waals surface area contributed by atoms with Crippen LogP contribution in [-0.2, 0) is 0 Å². The largest absolute Gasteiger partial charge is 0.393 e. The minimum absolute atomic E-state index is 0.00632. The topological polar surface area (TPSA) is 15.3 Å². The predicted octanol–water partition coefficient (Wildman–Crippen LogP) is 1.87. The second-order valence-corrected chi connectivity index (χ2v) is 4.34. The smallest absolute Gasteiger partial charge is 0.312 e. The van der Waals surface area contributed by atoms with Gasteiger partial charge in [-0.3, -0.25) is 0 Å². The molecule has 2 unspecified atom stereocenters. The van der Waals surface area contributed by atoms with Crippen LogP contribution in [0.4, 0.5) is 13.2 Å². The molecule has 0 saturated carbocycles. The lowest BCUT2D eigenvalue weighted by atomic mass is 10.1. The molecular formula is C10H19F3N2. The first-order valence-corrected chi connectivity index (χ1v) is 5.42. The molecule has 90 valence electrons. The van der Waals surface area contributed by atoms with Gasteiger partial charge < -0.3 is 10.2 Å². The van der Waals surface area contributed by atoms with Gasteiger partial charge in [0.05, 0.1) is 5.92 Å². The molecule has 0 amide bonds. The molecule has 15 heavy (non-hydrogen) atoms. The lowest BCUT2D eigenvalue weighted by Crippen LogP contribution is -2.35. The average Bonchev–Trinajstić information content (AvgIpc) is 2.52. The first-order valence-electron chi connectivity index (χ1n) is 5.42. The number of hydrogen-bond donors (Lipinski definition) is 1. The molecule has 1 N–H and O–H groups in total. The third kappa shape index (κ3) is 3.99. The molecule has 2 nitrogen and oxygen atoms in total. The number of rotatable bonds is 4. The summed E-state index contributed by atoms with van der Waals surface area (Å²) >= 11 is 0. The summed E-state index contributed by atoms with van der Waals surface area (Å²) in [5, 5.41) is 2.94. The summed E-state index contributed by atoms with van der Waals surface area (Å²) in [5.74, 6) is -1.16. The molecule has 1 heterocycles. The van der Waals surface area contributed by atoms with Gasteiger partial charge in [0.25, 0.3) is 0 Å². The van der Waals surface area contributed by atoms with Crippen LogP contribution in [0.2, 0.25) is 0 Å². The first-order chi connectivity index (χ1) is 6.93. The Morgan fingerprint density at radius 2 is 2.07 bits per heavy atom. The molecule has 1 fully saturated rings. The van der Waals surface area contributed by atoms with Crippen LogP contribution in [0.3, 0.4) is 0 Å². The minimum atomic E-state index is -4.04. The lowest BCUT2D eigenvalue weighted by Gasteiger charge is -2.20. The SMILES string of the molecule is CCCN(C)CC1CC(C(F)(F)F)CN1. The third-order valence-corrected chi connectivity index (χ3v) is 2.82. The van der Waals surface area contributed by atoms with E-state index in [0.717, 1.165) is 13.0 Å². The van der Waals surface area contributed by atoms with Crippen LogP contribution >= 0.6 is 0 Å². The molecule has 0 spiro atoms. The average molecular weight is 224 g/mol. The fraction of sp³-hybridized carbons (Fsp3) is 1.00. The van der Waals surface area contributed by atoms with E-state index in [1.807, 2.05) is 7.05 Å². The van der Waals surface area contributed by atoms with E-state index in [4.69, 9.17) is 0 Å². The third-order valence-electron chi connectivity index (χ3n) is 2.82. The van der Waals surface area contributed by atoms with Crippen LogP contribution in [0.1, 0.15) is 19.8 Å². The van der Waals surface area contributed by atoms with E-state index in [9.17, 15) is 13.2 Å². The fourth-order valence-corrected chi connectivity index (χ4v) is 2.06. The first kappa shape index (κ1) is 12.8. The maximum absolute atomic E-state index is 12.4. The van der Waals surface area contributed by atoms with Gasteiger partial charge in [0.2, 0.25) is 0 Å². The molecule has 1 aliphatic heterocycles. The van der Waals surface area contributed by atoms with Crippen LogP contribution in [0.15, 0.2) is 0 Å². The molecule has 0 aliphatic carbocycles. The Morgan fingerprint density at radius 1 is 1.40 bits per heavy atom. The van der Waals surface area contributed by atoms with Gasteiger partial charge in [-0.05, 0) is 26.4 Å². The van der Waals surface area contributed by atoms with Crippen molar-refractivity contribution in [2.75, 3.05) is 26.7 Å². The van der Waals surface area contributed by atoms with E-state index in [1.54, 1.807) is 0 Å². The zero-order valence-corrected chi connectivity index (χ0v) is 9.27. The zero-order chi connectivity index (χ0) is 11.5. The van der Waals surface area contributed by atoms with Crippen LogP contribution in [0.25, 0.3) is 0 Å². The molecule has 0 aromatic heterocycles. The van der Waals surface area contributed by atoms with E-state index in [0.29, 0.717) is 6.54 Å². The maximum atomic E-state index is 12.4. The van der Waals surface area contributed by atoms with E-state index < -0.39 is 12.1 Å². The van der Waals surface area contributed by atoms with Gasteiger partial charge in [0, 0.05) is 19.1 Å². The zero-order valence-electron chi connectivity index (χ0n) is 9.27. The highest BCUT2D eigenvalue weighted by atomic mass is 19.4. The van der Waals surface area contributed by atoms with Gasteiger partial charge in [-0.1, -0.05) is 6.92 Å². The number of hydrogen-bond acceptors (Lipinski definition) is 2. The van der Waals surface area contributed by atoms with Gasteiger partial charge in [-0.15, -0.1) is 0 Å². The highest BCUT2D eigenvalue weighted by Crippen LogP contribution is 2.32. The van der Waals surface area contributed by atoms with Crippen molar-refractivity contribution in [3.8, 4) is 0 Å². The number of halogens is 3. The van der Waals surface area contributed by atoms with Crippen LogP contribution in [0, 0.1) is 5.92 Å². The maximum Gasteiger partial charge on any atom is 0.393 e. The van der Waals surface area contributed by atoms with E-state index in [1.165, 1.54) is 0 Å². The second kappa shape index (κ2) is 5.16. The van der Waals surface area contributed by atoms with Gasteiger partial charge in [0.15, 0.2) is 0 Å². The number of nitrogens with zero attached hydrogens (tertiary/aromatic N) is 1. The van der Waals surface area contributed by atoms with Crippen molar-refractivity contribution in [2.24, 2.45) is 5.92 Å². The molecule has 0 bridgehead atoms. The Balaban J connectivity index is 2.30. The van der Waals surface area contributed by atoms with Crippen LogP contribution in [-0.4, -0.2) is 43.8 Å². The van der Waals surface area contributed by atoms with Crippen molar-refractivity contribution in [2.45, 2.75) is 32.0 Å². The van der Waals surface area contributed by atoms with Crippen molar-refractivity contribution < 1.29 is 13.2 Å². The van der Waals surface area contributed by atoms with Crippen LogP contribution in [0.5, 0.6) is 0 Å². The van der Waals surface area contributed by atoms with Gasteiger partial charge in [-0.2, -0.15) is 13.2 Å². The van der Waals surface area contributed by atoms with Crippen molar-refractivity contribution in [3.63, 3.8) is 0 Å². The summed E-state index contributed by atoms with van der Waals surface area (Å²) in [5.41, 5.74) is 0. The minimum Gasteiger partial charge on any atom is -0.312 e. The fourth-order valence-electron chi connectivity index (χ4n) is 2.06. The van der Waals surface area contributed by atoms with Crippen LogP contribution < -0.4 is 5.32 Å². The van der Waals surface area contributed by atoms with E-state index >= 15 is 0 Å². The number of alkyl halides is 3. The molecule has 0 radical (unpaired) electrons. The van der Waals surface area contributed by atoms with Crippen molar-refractivity contribution in [1.82, 2.24) is 10.2 Å². The molecule has 1 rings (SSSR count). The van der Waals surface area contributed by atoms with Gasteiger partial charge in [0.1, 0.15) is 0 Å². The van der Waals surface area contributed by atoms with E-state index in [2.05, 4.69) is 17.1 Å². The quantitative estimate of drug-likeness (QED) is 0.784. The summed E-state index contributed by atoms with van der Waals surface area (Å²) in [7, 11) is 1.95. The van der Waals surface area contributed by atoms with Gasteiger partial charge >= 0.3 is 6.18 Å². The second-order valence-electron chi connectivity index (χ2n) is 4.34. The highest BCUT2D eigenvalue weighted by Gasteiger charge is 2.43. The molecule has 0 aromatic rings. The highest BCUT2D eigenvalue weighted by molar-refractivity contribution is 4.86. The molecular weight excluding hydrogens is 205 g/mol. The number of likely N-dealkylation sites (N-methyl/N-ethyl adjacent to an activating group) is 1. The summed E-state index contributed by atoms with van der Waals surface area (Å²) in [6.07, 6.45) is -2.78. The Labute approximate surface area is 88.8 Å². The molecule has 1 aliphatic rings. The monoisotopic (exact) mass is 224 g/mol. The normalized spacial score (nSPS) is 27.6. The lowest BCUT2D eigenvalue weighted by molar-refractivity contribution is -0.169. The Bertz CT molecular complexity index is 194. The predicted molar refractivity (Wildman–Crippen MR) is 53.7 cm³/mol. The van der Waals surface area contributed by atoms with Crippen molar-refractivity contribution in [3.05, 3.63) is 0 Å². The Kier molecular flexibility index (Phi) is 4.40. The standard InChI is InChI=1S/C10H19F3N2/c1-3-4-15(2)7-9-5-8(6-14-9)10(11,12)13/h8-9,14H,3-7H2,1-2H3. The summed E-state index contributed by atoms with van der Waals surface area (Å²) < 4.78 is 37.1. The summed E-state index contributed by atoms with van der Waals surface area (Å²) in [6, 6.07) is -0.00632. The molecule has 0 aromatic carbocycles. The Morgan fingerprint density at radius 3 is 2.53 bits per heavy atom. The Hall–Kier alpha value is -0.290. The van der Waals surface area contributed by atoms with Crippen molar-refractivity contribution in [1.29, 1.82) is 0 Å². The van der Waals surface area contributed by atoms with E-state index in [-0.39, 0.29) is 19.0 Å². The molecule has 1 saturated heterocycles.